The molecule has 0 unspecified atom stereocenters. The van der Waals surface area contributed by atoms with E-state index in [0.717, 1.165) is 21.2 Å². The van der Waals surface area contributed by atoms with E-state index >= 15 is 0 Å². The van der Waals surface area contributed by atoms with Gasteiger partial charge in [-0.25, -0.2) is 9.66 Å². The summed E-state index contributed by atoms with van der Waals surface area (Å²) in [4.78, 5) is 31.2. The van der Waals surface area contributed by atoms with Gasteiger partial charge in [-0.15, -0.1) is 0 Å². The predicted molar refractivity (Wildman–Crippen MR) is 98.7 cm³/mol. The minimum Gasteiger partial charge on any atom is -0.312 e. The lowest BCUT2D eigenvalue weighted by atomic mass is 10.1. The van der Waals surface area contributed by atoms with Crippen LogP contribution in [-0.4, -0.2) is 28.0 Å². The monoisotopic (exact) mass is 398 g/mol. The van der Waals surface area contributed by atoms with E-state index in [9.17, 15) is 9.59 Å². The molecular weight excluding hydrogens is 384 g/mol. The van der Waals surface area contributed by atoms with Crippen LogP contribution in [0.4, 0.5) is 5.69 Å². The summed E-state index contributed by atoms with van der Waals surface area (Å²) in [5, 5.41) is 0. The summed E-state index contributed by atoms with van der Waals surface area (Å²) < 4.78 is 2.46. The molecule has 0 spiro atoms. The molecule has 2 amide bonds. The Kier molecular flexibility index (Phi) is 4.01. The van der Waals surface area contributed by atoms with Crippen LogP contribution in [0.25, 0.3) is 11.0 Å². The van der Waals surface area contributed by atoms with Crippen molar-refractivity contribution in [2.24, 2.45) is 5.92 Å². The highest BCUT2D eigenvalue weighted by molar-refractivity contribution is 9.10. The normalized spacial score (nSPS) is 17.2. The number of halogens is 1. The highest BCUT2D eigenvalue weighted by Gasteiger charge is 2.37. The lowest BCUT2D eigenvalue weighted by molar-refractivity contribution is -0.129. The number of anilines is 1. The number of nitrogens with one attached hydrogen (secondary N) is 1. The number of hydrogen-bond acceptors (Lipinski definition) is 3. The van der Waals surface area contributed by atoms with Crippen molar-refractivity contribution < 1.29 is 9.59 Å². The number of para-hydroxylation sites is 2. The van der Waals surface area contributed by atoms with Gasteiger partial charge in [-0.2, -0.15) is 0 Å². The van der Waals surface area contributed by atoms with Crippen LogP contribution in [0.5, 0.6) is 0 Å². The fourth-order valence-corrected chi connectivity index (χ4v) is 3.46. The third-order valence-corrected chi connectivity index (χ3v) is 4.82. The van der Waals surface area contributed by atoms with Crippen molar-refractivity contribution in [2.75, 3.05) is 16.9 Å². The van der Waals surface area contributed by atoms with Crippen molar-refractivity contribution in [1.29, 1.82) is 0 Å². The molecule has 0 saturated carbocycles. The first kappa shape index (κ1) is 15.8. The number of amides is 2. The molecule has 1 N–H and O–H groups in total. The molecule has 2 aromatic carbocycles. The van der Waals surface area contributed by atoms with Crippen LogP contribution in [0, 0.1) is 5.92 Å². The van der Waals surface area contributed by atoms with Crippen molar-refractivity contribution in [3.8, 4) is 0 Å². The molecule has 0 aliphatic carbocycles. The maximum Gasteiger partial charge on any atom is 0.251 e. The van der Waals surface area contributed by atoms with Gasteiger partial charge < -0.3 is 4.90 Å². The number of carbonyl (C=O) groups excluding carboxylic acids is 2. The van der Waals surface area contributed by atoms with Crippen LogP contribution in [0.15, 0.2) is 59.3 Å². The molecule has 1 atom stereocenters. The Hall–Kier alpha value is -2.67. The molecule has 2 heterocycles. The van der Waals surface area contributed by atoms with Gasteiger partial charge in [0.05, 0.1) is 11.0 Å². The molecule has 1 saturated heterocycles. The molecule has 7 heteroatoms. The van der Waals surface area contributed by atoms with Gasteiger partial charge >= 0.3 is 0 Å². The molecule has 4 rings (SSSR count). The Bertz CT molecular complexity index is 968. The topological polar surface area (TPSA) is 67.2 Å². The van der Waals surface area contributed by atoms with Crippen LogP contribution in [0.3, 0.4) is 0 Å². The smallest absolute Gasteiger partial charge is 0.251 e. The fourth-order valence-electron chi connectivity index (χ4n) is 3.07. The molecule has 1 fully saturated rings. The van der Waals surface area contributed by atoms with Gasteiger partial charge in [-0.1, -0.05) is 34.1 Å². The summed E-state index contributed by atoms with van der Waals surface area (Å²) in [7, 11) is 0. The highest BCUT2D eigenvalue weighted by atomic mass is 79.9. The summed E-state index contributed by atoms with van der Waals surface area (Å²) in [5.41, 5.74) is 5.16. The fraction of sp³-hybridized carbons (Fsp3) is 0.167. The predicted octanol–water partition coefficient (Wildman–Crippen LogP) is 2.92. The first-order chi connectivity index (χ1) is 12.1. The Morgan fingerprint density at radius 1 is 1.20 bits per heavy atom. The molecule has 0 bridgehead atoms. The van der Waals surface area contributed by atoms with E-state index in [1.54, 1.807) is 15.9 Å². The summed E-state index contributed by atoms with van der Waals surface area (Å²) in [6.45, 7) is 0.526. The molecule has 126 valence electrons. The number of aromatic nitrogens is 2. The van der Waals surface area contributed by atoms with E-state index in [1.807, 2.05) is 48.5 Å². The van der Waals surface area contributed by atoms with Gasteiger partial charge in [0.1, 0.15) is 12.2 Å². The van der Waals surface area contributed by atoms with Gasteiger partial charge in [0.15, 0.2) is 0 Å². The zero-order chi connectivity index (χ0) is 17.4. The first-order valence-electron chi connectivity index (χ1n) is 7.93. The molecule has 3 aromatic rings. The second-order valence-electron chi connectivity index (χ2n) is 5.89. The number of nitrogens with zero attached hydrogens (tertiary/aromatic N) is 3. The Balaban J connectivity index is 1.52. The van der Waals surface area contributed by atoms with Crippen molar-refractivity contribution in [3.63, 3.8) is 0 Å². The summed E-state index contributed by atoms with van der Waals surface area (Å²) in [6, 6.07) is 15.0. The summed E-state index contributed by atoms with van der Waals surface area (Å²) >= 11 is 3.41. The first-order valence-corrected chi connectivity index (χ1v) is 8.73. The molecule has 1 aromatic heterocycles. The Morgan fingerprint density at radius 2 is 2.04 bits per heavy atom. The lowest BCUT2D eigenvalue weighted by Gasteiger charge is -2.17. The van der Waals surface area contributed by atoms with Gasteiger partial charge in [-0.3, -0.25) is 15.0 Å². The maximum absolute atomic E-state index is 12.7. The SMILES string of the molecule is O=C(Nn1cnc2ccccc21)[C@H]1CCN(c2cccc(Br)c2)C1=O. The molecular formula is C18H15BrN4O2. The molecule has 25 heavy (non-hydrogen) atoms. The van der Waals surface area contributed by atoms with Gasteiger partial charge in [0.2, 0.25) is 5.91 Å². The second kappa shape index (κ2) is 6.33. The van der Waals surface area contributed by atoms with Crippen LogP contribution in [0.2, 0.25) is 0 Å². The molecule has 1 aliphatic heterocycles. The third kappa shape index (κ3) is 2.91. The van der Waals surface area contributed by atoms with E-state index < -0.39 is 5.92 Å². The molecule has 1 aliphatic rings. The van der Waals surface area contributed by atoms with Crippen LogP contribution >= 0.6 is 15.9 Å². The lowest BCUT2D eigenvalue weighted by Crippen LogP contribution is -2.35. The highest BCUT2D eigenvalue weighted by Crippen LogP contribution is 2.27. The number of rotatable bonds is 3. The largest absolute Gasteiger partial charge is 0.312 e. The van der Waals surface area contributed by atoms with Gasteiger partial charge in [-0.05, 0) is 36.8 Å². The molecule has 6 nitrogen and oxygen atoms in total. The number of hydrogen-bond donors (Lipinski definition) is 1. The number of imidazole rings is 1. The second-order valence-corrected chi connectivity index (χ2v) is 6.81. The number of fused-ring (bicyclic) bond motifs is 1. The van der Waals surface area contributed by atoms with Crippen molar-refractivity contribution in [2.45, 2.75) is 6.42 Å². The van der Waals surface area contributed by atoms with Crippen LogP contribution in [-0.2, 0) is 9.59 Å². The molecule has 0 radical (unpaired) electrons. The zero-order valence-corrected chi connectivity index (χ0v) is 14.8. The third-order valence-electron chi connectivity index (χ3n) is 4.33. The Labute approximate surface area is 152 Å². The average Bonchev–Trinajstić information content (AvgIpc) is 3.19. The average molecular weight is 399 g/mol. The Morgan fingerprint density at radius 3 is 2.88 bits per heavy atom. The quantitative estimate of drug-likeness (QED) is 0.689. The van der Waals surface area contributed by atoms with E-state index in [0.29, 0.717) is 13.0 Å². The van der Waals surface area contributed by atoms with E-state index in [-0.39, 0.29) is 11.8 Å². The summed E-state index contributed by atoms with van der Waals surface area (Å²) in [6.07, 6.45) is 2.04. The minimum atomic E-state index is -0.694. The number of benzene rings is 2. The van der Waals surface area contributed by atoms with Crippen LogP contribution in [0.1, 0.15) is 6.42 Å². The maximum atomic E-state index is 12.7. The van der Waals surface area contributed by atoms with Gasteiger partial charge in [0, 0.05) is 16.7 Å². The minimum absolute atomic E-state index is 0.181. The standard InChI is InChI=1S/C18H15BrN4O2/c19-12-4-3-5-13(10-12)22-9-8-14(18(22)25)17(24)21-23-11-20-15-6-1-2-7-16(15)23/h1-7,10-11,14H,8-9H2,(H,21,24)/t14-/m1/s1. The van der Waals surface area contributed by atoms with E-state index in [2.05, 4.69) is 26.3 Å². The van der Waals surface area contributed by atoms with E-state index in [4.69, 9.17) is 0 Å². The van der Waals surface area contributed by atoms with Crippen molar-refractivity contribution >= 4 is 44.5 Å². The number of carbonyl (C=O) groups is 2. The van der Waals surface area contributed by atoms with Crippen molar-refractivity contribution in [3.05, 3.63) is 59.3 Å². The van der Waals surface area contributed by atoms with E-state index in [1.165, 1.54) is 0 Å². The van der Waals surface area contributed by atoms with Gasteiger partial charge in [0.25, 0.3) is 5.91 Å². The van der Waals surface area contributed by atoms with Crippen molar-refractivity contribution in [1.82, 2.24) is 9.66 Å². The zero-order valence-electron chi connectivity index (χ0n) is 13.2. The summed E-state index contributed by atoms with van der Waals surface area (Å²) in [5.74, 6) is -1.19. The van der Waals surface area contributed by atoms with Crippen LogP contribution < -0.4 is 10.3 Å².